The molecule has 0 spiro atoms. The lowest BCUT2D eigenvalue weighted by molar-refractivity contribution is -0.136. The van der Waals surface area contributed by atoms with Crippen LogP contribution in [-0.2, 0) is 19.1 Å². The van der Waals surface area contributed by atoms with Gasteiger partial charge in [0.25, 0.3) is 0 Å². The van der Waals surface area contributed by atoms with Crippen molar-refractivity contribution >= 4 is 11.9 Å². The van der Waals surface area contributed by atoms with Crippen molar-refractivity contribution in [3.63, 3.8) is 0 Å². The molecule has 0 aromatic heterocycles. The quantitative estimate of drug-likeness (QED) is 0.391. The van der Waals surface area contributed by atoms with Gasteiger partial charge in [-0.25, -0.2) is 4.79 Å². The highest BCUT2D eigenvalue weighted by molar-refractivity contribution is 5.86. The smallest absolute Gasteiger partial charge is 0.332 e. The summed E-state index contributed by atoms with van der Waals surface area (Å²) in [5.74, 6) is -0.676. The fourth-order valence-corrected chi connectivity index (χ4v) is 0.292. The first-order valence-electron chi connectivity index (χ1n) is 3.47. The highest BCUT2D eigenvalue weighted by Crippen LogP contribution is 1.87. The average molecular weight is 202 g/mol. The minimum Gasteiger partial charge on any atom is -0.466 e. The van der Waals surface area contributed by atoms with Crippen molar-refractivity contribution in [1.82, 2.24) is 0 Å². The maximum absolute atomic E-state index is 10.2. The van der Waals surface area contributed by atoms with Crippen LogP contribution >= 0.6 is 0 Å². The van der Waals surface area contributed by atoms with Crippen molar-refractivity contribution in [1.29, 1.82) is 0 Å². The number of ether oxygens (including phenoxy) is 2. The molecule has 0 saturated carbocycles. The maximum Gasteiger partial charge on any atom is 0.332 e. The van der Waals surface area contributed by atoms with E-state index in [2.05, 4.69) is 22.6 Å². The monoisotopic (exact) mass is 202 g/mol. The summed E-state index contributed by atoms with van der Waals surface area (Å²) in [4.78, 5) is 19.9. The van der Waals surface area contributed by atoms with Crippen LogP contribution in [0.2, 0.25) is 0 Å². The zero-order chi connectivity index (χ0) is 10.9. The van der Waals surface area contributed by atoms with Crippen LogP contribution in [0.4, 0.5) is 0 Å². The molecule has 0 aromatic carbocycles. The predicted octanol–water partition coefficient (Wildman–Crippen LogP) is 2.06. The second-order valence-electron chi connectivity index (χ2n) is 2.05. The molecule has 0 aliphatic carbocycles. The van der Waals surface area contributed by atoms with Crippen molar-refractivity contribution in [2.45, 2.75) is 21.3 Å². The van der Waals surface area contributed by atoms with Gasteiger partial charge in [-0.2, -0.15) is 0 Å². The van der Waals surface area contributed by atoms with E-state index in [-0.39, 0.29) is 19.4 Å². The van der Waals surface area contributed by atoms with Gasteiger partial charge < -0.3 is 9.47 Å². The van der Waals surface area contributed by atoms with E-state index in [4.69, 9.17) is 0 Å². The van der Waals surface area contributed by atoms with Gasteiger partial charge in [-0.1, -0.05) is 20.6 Å². The Morgan fingerprint density at radius 3 is 1.71 bits per heavy atom. The fraction of sp³-hybridized carbons (Fsp3) is 0.400. The Kier molecular flexibility index (Phi) is 14.9. The third-order valence-electron chi connectivity index (χ3n) is 0.783. The van der Waals surface area contributed by atoms with Crippen LogP contribution < -0.4 is 0 Å². The van der Waals surface area contributed by atoms with Gasteiger partial charge in [0.15, 0.2) is 0 Å². The molecule has 0 rings (SSSR count). The first kappa shape index (κ1) is 18.3. The van der Waals surface area contributed by atoms with E-state index in [9.17, 15) is 9.59 Å². The molecule has 0 saturated heterocycles. The summed E-state index contributed by atoms with van der Waals surface area (Å²) in [5, 5.41) is 0. The molecule has 0 amide bonds. The molecular formula is C10H18O4. The summed E-state index contributed by atoms with van der Waals surface area (Å²) in [6.07, 6.45) is 1.10. The van der Waals surface area contributed by atoms with Crippen molar-refractivity contribution in [3.05, 3.63) is 25.0 Å². The summed E-state index contributed by atoms with van der Waals surface area (Å²) >= 11 is 0. The van der Waals surface area contributed by atoms with Gasteiger partial charge in [0, 0.05) is 12.5 Å². The number of carbonyl (C=O) groups excluding carboxylic acids is 2. The lowest BCUT2D eigenvalue weighted by Gasteiger charge is -1.91. The van der Waals surface area contributed by atoms with Crippen molar-refractivity contribution in [3.8, 4) is 0 Å². The van der Waals surface area contributed by atoms with Gasteiger partial charge in [0.2, 0.25) is 0 Å². The summed E-state index contributed by atoms with van der Waals surface area (Å²) in [6, 6.07) is 0. The largest absolute Gasteiger partial charge is 0.466 e. The summed E-state index contributed by atoms with van der Waals surface area (Å²) < 4.78 is 8.44. The van der Waals surface area contributed by atoms with Gasteiger partial charge in [0.1, 0.15) is 0 Å². The zero-order valence-corrected chi connectivity index (χ0v) is 8.12. The van der Waals surface area contributed by atoms with Crippen molar-refractivity contribution < 1.29 is 19.1 Å². The number of hydrogen-bond donors (Lipinski definition) is 0. The molecule has 4 nitrogen and oxygen atoms in total. The second kappa shape index (κ2) is 11.4. The normalized spacial score (nSPS) is 6.79. The van der Waals surface area contributed by atoms with Gasteiger partial charge in [-0.15, -0.1) is 0 Å². The topological polar surface area (TPSA) is 52.6 Å². The third-order valence-corrected chi connectivity index (χ3v) is 0.783. The second-order valence-corrected chi connectivity index (χ2v) is 2.05. The zero-order valence-electron chi connectivity index (χ0n) is 8.12. The van der Waals surface area contributed by atoms with Gasteiger partial charge in [-0.05, 0) is 6.92 Å². The van der Waals surface area contributed by atoms with Gasteiger partial charge in [-0.3, -0.25) is 4.79 Å². The van der Waals surface area contributed by atoms with E-state index >= 15 is 0 Å². The Morgan fingerprint density at radius 2 is 1.71 bits per heavy atom. The van der Waals surface area contributed by atoms with Crippen LogP contribution in [0.25, 0.3) is 0 Å². The molecule has 0 atom stereocenters. The SMILES string of the molecule is C.C=C(C)C(=O)OC.C=COC(C)=O. The molecule has 0 N–H and O–H groups in total. The first-order chi connectivity index (χ1) is 5.95. The molecule has 0 fully saturated rings. The van der Waals surface area contributed by atoms with E-state index in [1.165, 1.54) is 14.0 Å². The molecule has 0 aliphatic heterocycles. The Labute approximate surface area is 85.2 Å². The molecule has 0 heterocycles. The summed E-state index contributed by atoms with van der Waals surface area (Å²) in [6.45, 7) is 9.43. The molecule has 82 valence electrons. The molecule has 14 heavy (non-hydrogen) atoms. The Morgan fingerprint density at radius 1 is 1.29 bits per heavy atom. The van der Waals surface area contributed by atoms with E-state index in [1.54, 1.807) is 6.92 Å². The molecule has 0 aliphatic rings. The van der Waals surface area contributed by atoms with E-state index in [1.807, 2.05) is 0 Å². The van der Waals surface area contributed by atoms with Crippen LogP contribution in [-0.4, -0.2) is 19.0 Å². The van der Waals surface area contributed by atoms with Crippen LogP contribution in [0.3, 0.4) is 0 Å². The number of rotatable bonds is 2. The predicted molar refractivity (Wildman–Crippen MR) is 55.5 cm³/mol. The van der Waals surface area contributed by atoms with Crippen LogP contribution in [0.15, 0.2) is 25.0 Å². The molecule has 4 heteroatoms. The van der Waals surface area contributed by atoms with Crippen molar-refractivity contribution in [2.75, 3.05) is 7.11 Å². The average Bonchev–Trinajstić information content (AvgIpc) is 2.03. The molecule has 0 radical (unpaired) electrons. The van der Waals surface area contributed by atoms with Crippen LogP contribution in [0.5, 0.6) is 0 Å². The number of methoxy groups -OCH3 is 1. The highest BCUT2D eigenvalue weighted by atomic mass is 16.5. The summed E-state index contributed by atoms with van der Waals surface area (Å²) in [5.41, 5.74) is 0.433. The first-order valence-corrected chi connectivity index (χ1v) is 3.47. The molecule has 0 aromatic rings. The number of hydrogen-bond acceptors (Lipinski definition) is 4. The fourth-order valence-electron chi connectivity index (χ4n) is 0.292. The number of carbonyl (C=O) groups is 2. The Hall–Kier alpha value is -1.58. The van der Waals surface area contributed by atoms with E-state index < -0.39 is 0 Å². The molecule has 0 unspecified atom stereocenters. The summed E-state index contributed by atoms with van der Waals surface area (Å²) in [7, 11) is 1.33. The Balaban J connectivity index is -0.000000163. The van der Waals surface area contributed by atoms with Crippen LogP contribution in [0, 0.1) is 0 Å². The Bertz CT molecular complexity index is 206. The van der Waals surface area contributed by atoms with Crippen LogP contribution in [0.1, 0.15) is 21.3 Å². The molecule has 0 bridgehead atoms. The van der Waals surface area contributed by atoms with E-state index in [0.717, 1.165) is 6.26 Å². The molecular weight excluding hydrogens is 184 g/mol. The lowest BCUT2D eigenvalue weighted by atomic mass is 10.4. The minimum atomic E-state index is -0.347. The van der Waals surface area contributed by atoms with Gasteiger partial charge in [0.05, 0.1) is 13.4 Å². The minimum absolute atomic E-state index is 0. The van der Waals surface area contributed by atoms with Crippen molar-refractivity contribution in [2.24, 2.45) is 0 Å². The standard InChI is InChI=1S/C5H8O2.C4H6O2.CH4/c1-4(2)5(6)7-3;1-3-6-4(2)5;/h1H2,2-3H3;3H,1H2,2H3;1H4. The maximum atomic E-state index is 10.2. The highest BCUT2D eigenvalue weighted by Gasteiger charge is 1.95. The number of esters is 2. The third kappa shape index (κ3) is 16.8. The lowest BCUT2D eigenvalue weighted by Crippen LogP contribution is -1.98. The van der Waals surface area contributed by atoms with E-state index in [0.29, 0.717) is 5.57 Å². The van der Waals surface area contributed by atoms with Gasteiger partial charge >= 0.3 is 11.9 Å².